The van der Waals surface area contributed by atoms with E-state index in [-0.39, 0.29) is 18.0 Å². The first-order valence-corrected chi connectivity index (χ1v) is 11.6. The van der Waals surface area contributed by atoms with Crippen LogP contribution in [0.5, 0.6) is 0 Å². The Bertz CT molecular complexity index is 959. The third-order valence-electron chi connectivity index (χ3n) is 5.67. The molecule has 0 radical (unpaired) electrons. The standard InChI is InChI=1S/C23H30BN5O6/c30-21(29-11-13-35-14-12-29)15-18(27-23(32)19-16-25-9-10-26-19)22(31)28-20(24(33)34)8-4-7-17-5-2-1-3-6-17/h1-3,5-6,9-10,16,18,20,33-34H,4,7-8,11-15H2,(H,27,32)(H,28,31)/t18-,20-/m0/s1. The van der Waals surface area contributed by atoms with E-state index >= 15 is 0 Å². The van der Waals surface area contributed by atoms with E-state index in [4.69, 9.17) is 4.74 Å². The number of nitrogens with one attached hydrogen (secondary N) is 2. The van der Waals surface area contributed by atoms with Crippen LogP contribution in [0.25, 0.3) is 0 Å². The average Bonchev–Trinajstić information content (AvgIpc) is 2.89. The molecule has 1 aromatic heterocycles. The summed E-state index contributed by atoms with van der Waals surface area (Å²) in [5.74, 6) is -2.65. The topological polar surface area (TPSA) is 154 Å². The Morgan fingerprint density at radius 1 is 1.09 bits per heavy atom. The summed E-state index contributed by atoms with van der Waals surface area (Å²) in [6, 6.07) is 8.46. The highest BCUT2D eigenvalue weighted by Crippen LogP contribution is 2.09. The molecule has 1 aliphatic rings. The molecule has 2 heterocycles. The van der Waals surface area contributed by atoms with Crippen LogP contribution in [0.3, 0.4) is 0 Å². The number of ether oxygens (including phenoxy) is 1. The van der Waals surface area contributed by atoms with Crippen LogP contribution in [-0.2, 0) is 20.7 Å². The van der Waals surface area contributed by atoms with Crippen LogP contribution in [0, 0.1) is 0 Å². The van der Waals surface area contributed by atoms with Crippen molar-refractivity contribution in [3.05, 3.63) is 60.2 Å². The zero-order valence-corrected chi connectivity index (χ0v) is 19.4. The fourth-order valence-corrected chi connectivity index (χ4v) is 3.72. The van der Waals surface area contributed by atoms with Gasteiger partial charge in [-0.2, -0.15) is 0 Å². The maximum atomic E-state index is 13.1. The van der Waals surface area contributed by atoms with Gasteiger partial charge >= 0.3 is 7.12 Å². The lowest BCUT2D eigenvalue weighted by molar-refractivity contribution is -0.138. The number of carbonyl (C=O) groups excluding carboxylic acids is 3. The SMILES string of the molecule is O=C(N[C@@H](CC(=O)N1CCOCC1)C(=O)N[C@@H](CCCc1ccccc1)B(O)O)c1cnccn1. The molecule has 3 amide bonds. The Kier molecular flexibility index (Phi) is 10.1. The van der Waals surface area contributed by atoms with Gasteiger partial charge in [-0.25, -0.2) is 4.98 Å². The quantitative estimate of drug-likeness (QED) is 0.308. The normalized spacial score (nSPS) is 15.1. The molecule has 35 heavy (non-hydrogen) atoms. The second-order valence-corrected chi connectivity index (χ2v) is 8.22. The van der Waals surface area contributed by atoms with E-state index in [1.54, 1.807) is 4.90 Å². The van der Waals surface area contributed by atoms with Gasteiger partial charge in [-0.3, -0.25) is 19.4 Å². The van der Waals surface area contributed by atoms with E-state index in [9.17, 15) is 24.4 Å². The molecule has 0 aliphatic carbocycles. The number of benzene rings is 1. The highest BCUT2D eigenvalue weighted by atomic mass is 16.5. The van der Waals surface area contributed by atoms with Crippen molar-refractivity contribution in [3.8, 4) is 0 Å². The molecule has 0 unspecified atom stereocenters. The predicted octanol–water partition coefficient (Wildman–Crippen LogP) is -0.656. The maximum absolute atomic E-state index is 13.1. The summed E-state index contributed by atoms with van der Waals surface area (Å²) in [6.45, 7) is 1.58. The number of hydrogen-bond donors (Lipinski definition) is 4. The third kappa shape index (κ3) is 8.43. The lowest BCUT2D eigenvalue weighted by atomic mass is 9.76. The van der Waals surface area contributed by atoms with E-state index in [0.29, 0.717) is 45.6 Å². The van der Waals surface area contributed by atoms with Gasteiger partial charge in [-0.1, -0.05) is 30.3 Å². The largest absolute Gasteiger partial charge is 0.475 e. The summed E-state index contributed by atoms with van der Waals surface area (Å²) < 4.78 is 5.26. The van der Waals surface area contributed by atoms with Crippen LogP contribution in [0.2, 0.25) is 0 Å². The molecule has 3 rings (SSSR count). The summed E-state index contributed by atoms with van der Waals surface area (Å²) in [7, 11) is -1.80. The first-order valence-electron chi connectivity index (χ1n) is 11.6. The van der Waals surface area contributed by atoms with Gasteiger partial charge in [0.25, 0.3) is 5.91 Å². The molecule has 12 heteroatoms. The summed E-state index contributed by atoms with van der Waals surface area (Å²) in [4.78, 5) is 47.8. The second-order valence-electron chi connectivity index (χ2n) is 8.22. The summed E-state index contributed by atoms with van der Waals surface area (Å²) in [5, 5.41) is 24.8. The van der Waals surface area contributed by atoms with Gasteiger partial charge < -0.3 is 30.3 Å². The number of rotatable bonds is 11. The van der Waals surface area contributed by atoms with Crippen LogP contribution >= 0.6 is 0 Å². The monoisotopic (exact) mass is 483 g/mol. The minimum atomic E-state index is -1.80. The lowest BCUT2D eigenvalue weighted by Crippen LogP contribution is -2.55. The summed E-state index contributed by atoms with van der Waals surface area (Å²) in [6.07, 6.45) is 5.28. The van der Waals surface area contributed by atoms with Gasteiger partial charge in [0.1, 0.15) is 11.7 Å². The van der Waals surface area contributed by atoms with E-state index in [0.717, 1.165) is 5.56 Å². The van der Waals surface area contributed by atoms with Crippen LogP contribution in [0.1, 0.15) is 35.3 Å². The number of carbonyl (C=O) groups is 3. The number of amides is 3. The van der Waals surface area contributed by atoms with Gasteiger partial charge in [-0.05, 0) is 24.8 Å². The third-order valence-corrected chi connectivity index (χ3v) is 5.67. The summed E-state index contributed by atoms with van der Waals surface area (Å²) in [5.41, 5.74) is 1.08. The number of aryl methyl sites for hydroxylation is 1. The maximum Gasteiger partial charge on any atom is 0.475 e. The molecule has 1 aromatic carbocycles. The van der Waals surface area contributed by atoms with E-state index in [2.05, 4.69) is 20.6 Å². The minimum absolute atomic E-state index is 0.00859. The first-order chi connectivity index (χ1) is 16.9. The van der Waals surface area contributed by atoms with Gasteiger partial charge in [0.2, 0.25) is 11.8 Å². The Morgan fingerprint density at radius 2 is 1.83 bits per heavy atom. The average molecular weight is 483 g/mol. The van der Waals surface area contributed by atoms with Crippen LogP contribution in [0.15, 0.2) is 48.9 Å². The van der Waals surface area contributed by atoms with Gasteiger partial charge in [0.15, 0.2) is 0 Å². The number of morpholine rings is 1. The van der Waals surface area contributed by atoms with Gasteiger partial charge in [0.05, 0.1) is 31.8 Å². The summed E-state index contributed by atoms with van der Waals surface area (Å²) >= 11 is 0. The number of aromatic nitrogens is 2. The molecule has 0 spiro atoms. The molecule has 2 aromatic rings. The van der Waals surface area contributed by atoms with Crippen molar-refractivity contribution in [1.29, 1.82) is 0 Å². The Balaban J connectivity index is 1.65. The number of hydrogen-bond acceptors (Lipinski definition) is 8. The fourth-order valence-electron chi connectivity index (χ4n) is 3.72. The van der Waals surface area contributed by atoms with Crippen LogP contribution in [-0.4, -0.2) is 88.0 Å². The highest BCUT2D eigenvalue weighted by Gasteiger charge is 2.32. The molecule has 1 aliphatic heterocycles. The van der Waals surface area contributed by atoms with Crippen molar-refractivity contribution in [1.82, 2.24) is 25.5 Å². The molecular weight excluding hydrogens is 453 g/mol. The van der Waals surface area contributed by atoms with E-state index < -0.39 is 30.9 Å². The lowest BCUT2D eigenvalue weighted by Gasteiger charge is -2.29. The predicted molar refractivity (Wildman–Crippen MR) is 127 cm³/mol. The Morgan fingerprint density at radius 3 is 2.49 bits per heavy atom. The van der Waals surface area contributed by atoms with E-state index in [1.807, 2.05) is 30.3 Å². The molecule has 0 bridgehead atoms. The van der Waals surface area contributed by atoms with Crippen LogP contribution in [0.4, 0.5) is 0 Å². The second kappa shape index (κ2) is 13.5. The molecule has 2 atom stereocenters. The Hall–Kier alpha value is -3.35. The fraction of sp³-hybridized carbons (Fsp3) is 0.435. The molecule has 4 N–H and O–H groups in total. The van der Waals surface area contributed by atoms with Crippen molar-refractivity contribution in [3.63, 3.8) is 0 Å². The molecule has 11 nitrogen and oxygen atoms in total. The molecule has 1 saturated heterocycles. The molecular formula is C23H30BN5O6. The molecule has 1 fully saturated rings. The van der Waals surface area contributed by atoms with Crippen molar-refractivity contribution in [2.24, 2.45) is 0 Å². The number of nitrogens with zero attached hydrogens (tertiary/aromatic N) is 3. The van der Waals surface area contributed by atoms with E-state index in [1.165, 1.54) is 18.6 Å². The highest BCUT2D eigenvalue weighted by molar-refractivity contribution is 6.43. The van der Waals surface area contributed by atoms with Crippen molar-refractivity contribution in [2.75, 3.05) is 26.3 Å². The minimum Gasteiger partial charge on any atom is -0.426 e. The first kappa shape index (κ1) is 26.3. The van der Waals surface area contributed by atoms with Crippen molar-refractivity contribution in [2.45, 2.75) is 37.7 Å². The smallest absolute Gasteiger partial charge is 0.426 e. The zero-order valence-electron chi connectivity index (χ0n) is 19.4. The molecule has 186 valence electrons. The Labute approximate surface area is 204 Å². The van der Waals surface area contributed by atoms with Crippen molar-refractivity contribution >= 4 is 24.8 Å². The van der Waals surface area contributed by atoms with Crippen molar-refractivity contribution < 1.29 is 29.2 Å². The molecule has 0 saturated carbocycles. The van der Waals surface area contributed by atoms with Gasteiger partial charge in [0, 0.05) is 25.5 Å². The van der Waals surface area contributed by atoms with Crippen LogP contribution < -0.4 is 10.6 Å². The van der Waals surface area contributed by atoms with Gasteiger partial charge in [-0.15, -0.1) is 0 Å². The zero-order chi connectivity index (χ0) is 25.0.